The molecule has 1 heterocycles. The summed E-state index contributed by atoms with van der Waals surface area (Å²) in [6.45, 7) is 1.45. The van der Waals surface area contributed by atoms with E-state index in [4.69, 9.17) is 0 Å². The summed E-state index contributed by atoms with van der Waals surface area (Å²) in [5.41, 5.74) is 3.82. The van der Waals surface area contributed by atoms with Crippen LogP contribution in [0, 0.1) is 0 Å². The third kappa shape index (κ3) is 2.16. The van der Waals surface area contributed by atoms with Crippen molar-refractivity contribution in [1.82, 2.24) is 10.8 Å². The van der Waals surface area contributed by atoms with E-state index >= 15 is 0 Å². The molecule has 0 fully saturated rings. The number of nitrogens with one attached hydrogen (secondary N) is 2. The van der Waals surface area contributed by atoms with Gasteiger partial charge in [-0.05, 0) is 6.08 Å². The van der Waals surface area contributed by atoms with Crippen molar-refractivity contribution in [3.05, 3.63) is 11.8 Å². The minimum atomic E-state index is 0.697. The van der Waals surface area contributed by atoms with Crippen LogP contribution >= 0.6 is 0 Å². The van der Waals surface area contributed by atoms with Crippen LogP contribution in [0.1, 0.15) is 0 Å². The van der Waals surface area contributed by atoms with Crippen molar-refractivity contribution in [2.24, 2.45) is 4.99 Å². The monoisotopic (exact) mass is 141 g/mol. The number of hydrogen-bond acceptors (Lipinski definition) is 4. The summed E-state index contributed by atoms with van der Waals surface area (Å²) in [6.07, 6.45) is 3.69. The zero-order chi connectivity index (χ0) is 7.23. The molecule has 0 atom stereocenters. The third-order valence-corrected chi connectivity index (χ3v) is 1.19. The molecule has 0 saturated heterocycles. The highest BCUT2D eigenvalue weighted by Crippen LogP contribution is 1.89. The molecule has 1 aliphatic rings. The maximum Gasteiger partial charge on any atom is 0.0869 e. The molecule has 0 bridgehead atoms. The fourth-order valence-corrected chi connectivity index (χ4v) is 0.676. The van der Waals surface area contributed by atoms with Crippen LogP contribution in [-0.2, 0) is 4.84 Å². The van der Waals surface area contributed by atoms with E-state index < -0.39 is 0 Å². The molecule has 0 aromatic carbocycles. The van der Waals surface area contributed by atoms with E-state index in [1.807, 2.05) is 6.08 Å². The van der Waals surface area contributed by atoms with Crippen molar-refractivity contribution >= 4 is 6.34 Å². The Bertz CT molecular complexity index is 153. The van der Waals surface area contributed by atoms with Gasteiger partial charge in [-0.3, -0.25) is 4.99 Å². The van der Waals surface area contributed by atoms with Crippen LogP contribution in [-0.4, -0.2) is 26.5 Å². The molecular weight excluding hydrogens is 130 g/mol. The minimum absolute atomic E-state index is 0.697. The van der Waals surface area contributed by atoms with Gasteiger partial charge in [0.15, 0.2) is 0 Å². The van der Waals surface area contributed by atoms with Crippen molar-refractivity contribution in [3.8, 4) is 0 Å². The molecule has 10 heavy (non-hydrogen) atoms. The van der Waals surface area contributed by atoms with Crippen LogP contribution in [0.3, 0.4) is 0 Å². The van der Waals surface area contributed by atoms with Crippen molar-refractivity contribution in [2.45, 2.75) is 0 Å². The minimum Gasteiger partial charge on any atom is -0.349 e. The highest BCUT2D eigenvalue weighted by atomic mass is 16.6. The zero-order valence-corrected chi connectivity index (χ0v) is 5.92. The second-order valence-corrected chi connectivity index (χ2v) is 1.89. The molecule has 0 aromatic rings. The predicted octanol–water partition coefficient (Wildman–Crippen LogP) is -0.347. The van der Waals surface area contributed by atoms with Gasteiger partial charge in [-0.1, -0.05) is 0 Å². The molecule has 0 aliphatic carbocycles. The second-order valence-electron chi connectivity index (χ2n) is 1.89. The molecule has 0 spiro atoms. The largest absolute Gasteiger partial charge is 0.349 e. The summed E-state index contributed by atoms with van der Waals surface area (Å²) in [6, 6.07) is 0. The maximum absolute atomic E-state index is 4.67. The molecule has 56 valence electrons. The normalized spacial score (nSPS) is 16.3. The molecule has 0 aromatic heterocycles. The summed E-state index contributed by atoms with van der Waals surface area (Å²) in [4.78, 5) is 8.62. The Labute approximate surface area is 59.9 Å². The topological polar surface area (TPSA) is 45.6 Å². The first-order valence-corrected chi connectivity index (χ1v) is 3.13. The average molecular weight is 141 g/mol. The Morgan fingerprint density at radius 2 is 2.80 bits per heavy atom. The quantitative estimate of drug-likeness (QED) is 0.528. The summed E-state index contributed by atoms with van der Waals surface area (Å²) < 4.78 is 0. The van der Waals surface area contributed by atoms with E-state index in [0.29, 0.717) is 6.54 Å². The third-order valence-electron chi connectivity index (χ3n) is 1.19. The van der Waals surface area contributed by atoms with Crippen LogP contribution in [0.2, 0.25) is 0 Å². The maximum atomic E-state index is 4.67. The summed E-state index contributed by atoms with van der Waals surface area (Å²) >= 11 is 0. The van der Waals surface area contributed by atoms with E-state index in [2.05, 4.69) is 20.6 Å². The molecule has 1 aliphatic heterocycles. The lowest BCUT2D eigenvalue weighted by molar-refractivity contribution is 0.0983. The van der Waals surface area contributed by atoms with E-state index in [9.17, 15) is 0 Å². The molecular formula is C6H11N3O. The zero-order valence-electron chi connectivity index (χ0n) is 5.92. The van der Waals surface area contributed by atoms with Gasteiger partial charge in [0.1, 0.15) is 0 Å². The van der Waals surface area contributed by atoms with Gasteiger partial charge in [0, 0.05) is 5.70 Å². The molecule has 0 amide bonds. The predicted molar refractivity (Wildman–Crippen MR) is 39.6 cm³/mol. The van der Waals surface area contributed by atoms with Crippen molar-refractivity contribution in [1.29, 1.82) is 0 Å². The number of aliphatic imine (C=N–C) groups is 1. The molecule has 0 radical (unpaired) electrons. The van der Waals surface area contributed by atoms with Gasteiger partial charge in [0.2, 0.25) is 0 Å². The van der Waals surface area contributed by atoms with E-state index in [1.165, 1.54) is 0 Å². The van der Waals surface area contributed by atoms with Crippen LogP contribution in [0.5, 0.6) is 0 Å². The van der Waals surface area contributed by atoms with E-state index in [1.54, 1.807) is 13.4 Å². The Balaban J connectivity index is 2.21. The van der Waals surface area contributed by atoms with Gasteiger partial charge in [0.05, 0.1) is 26.5 Å². The number of hydrogen-bond donors (Lipinski definition) is 2. The first kappa shape index (κ1) is 7.24. The SMILES string of the molecule is CONCC1=CCN=CN1. The van der Waals surface area contributed by atoms with Crippen LogP contribution in [0.25, 0.3) is 0 Å². The van der Waals surface area contributed by atoms with Gasteiger partial charge in [0.25, 0.3) is 0 Å². The Morgan fingerprint density at radius 3 is 3.40 bits per heavy atom. The number of rotatable bonds is 3. The van der Waals surface area contributed by atoms with Gasteiger partial charge < -0.3 is 10.2 Å². The Kier molecular flexibility index (Phi) is 2.92. The first-order valence-electron chi connectivity index (χ1n) is 3.13. The van der Waals surface area contributed by atoms with E-state index in [-0.39, 0.29) is 0 Å². The number of nitrogens with zero attached hydrogens (tertiary/aromatic N) is 1. The lowest BCUT2D eigenvalue weighted by atomic mass is 10.4. The van der Waals surface area contributed by atoms with Crippen molar-refractivity contribution in [3.63, 3.8) is 0 Å². The van der Waals surface area contributed by atoms with Crippen LogP contribution in [0.15, 0.2) is 16.8 Å². The summed E-state index contributed by atoms with van der Waals surface area (Å²) in [5, 5.41) is 2.98. The fraction of sp³-hybridized carbons (Fsp3) is 0.500. The molecule has 4 heteroatoms. The van der Waals surface area contributed by atoms with E-state index in [0.717, 1.165) is 12.2 Å². The van der Waals surface area contributed by atoms with Crippen molar-refractivity contribution < 1.29 is 4.84 Å². The number of hydroxylamine groups is 1. The van der Waals surface area contributed by atoms with Gasteiger partial charge in [-0.25, -0.2) is 0 Å². The van der Waals surface area contributed by atoms with Crippen molar-refractivity contribution in [2.75, 3.05) is 20.2 Å². The summed E-state index contributed by atoms with van der Waals surface area (Å²) in [5.74, 6) is 0. The van der Waals surface area contributed by atoms with Gasteiger partial charge in [-0.15, -0.1) is 0 Å². The average Bonchev–Trinajstić information content (AvgIpc) is 2.03. The second kappa shape index (κ2) is 4.03. The fourth-order valence-electron chi connectivity index (χ4n) is 0.676. The van der Waals surface area contributed by atoms with Crippen LogP contribution < -0.4 is 10.8 Å². The standard InChI is InChI=1S/C6H11N3O/c1-10-9-4-6-2-3-7-5-8-6/h2,5,9H,3-4H2,1H3,(H,7,8). The lowest BCUT2D eigenvalue weighted by Crippen LogP contribution is -2.25. The van der Waals surface area contributed by atoms with Crippen LogP contribution in [0.4, 0.5) is 0 Å². The molecule has 0 saturated carbocycles. The molecule has 0 unspecified atom stereocenters. The Morgan fingerprint density at radius 1 is 1.90 bits per heavy atom. The first-order chi connectivity index (χ1) is 4.93. The Hall–Kier alpha value is -0.870. The lowest BCUT2D eigenvalue weighted by Gasteiger charge is -2.09. The smallest absolute Gasteiger partial charge is 0.0869 e. The van der Waals surface area contributed by atoms with Gasteiger partial charge in [-0.2, -0.15) is 5.48 Å². The highest BCUT2D eigenvalue weighted by molar-refractivity contribution is 5.59. The summed E-state index contributed by atoms with van der Waals surface area (Å²) in [7, 11) is 1.59. The molecule has 2 N–H and O–H groups in total. The molecule has 1 rings (SSSR count). The van der Waals surface area contributed by atoms with Gasteiger partial charge >= 0.3 is 0 Å². The molecule has 4 nitrogen and oxygen atoms in total. The highest BCUT2D eigenvalue weighted by Gasteiger charge is 1.95.